The highest BCUT2D eigenvalue weighted by Crippen LogP contribution is 2.20. The van der Waals surface area contributed by atoms with Crippen LogP contribution >= 0.6 is 11.6 Å². The summed E-state index contributed by atoms with van der Waals surface area (Å²) in [7, 11) is 0. The van der Waals surface area contributed by atoms with Crippen molar-refractivity contribution >= 4 is 22.9 Å². The second kappa shape index (κ2) is 6.76. The van der Waals surface area contributed by atoms with Gasteiger partial charge in [-0.2, -0.15) is 0 Å². The molecule has 0 N–H and O–H groups in total. The van der Waals surface area contributed by atoms with E-state index >= 15 is 0 Å². The van der Waals surface area contributed by atoms with Crippen LogP contribution in [0.2, 0.25) is 0 Å². The van der Waals surface area contributed by atoms with Crippen molar-refractivity contribution < 1.29 is 9.53 Å². The minimum absolute atomic E-state index is 0.487. The van der Waals surface area contributed by atoms with Gasteiger partial charge in [0.25, 0.3) is 0 Å². The van der Waals surface area contributed by atoms with Gasteiger partial charge < -0.3 is 4.74 Å². The van der Waals surface area contributed by atoms with E-state index in [4.69, 9.17) is 16.3 Å². The summed E-state index contributed by atoms with van der Waals surface area (Å²) >= 11 is 5.29. The van der Waals surface area contributed by atoms with E-state index in [1.54, 1.807) is 6.08 Å². The van der Waals surface area contributed by atoms with Gasteiger partial charge in [0.05, 0.1) is 0 Å². The van der Waals surface area contributed by atoms with Crippen molar-refractivity contribution in [1.29, 1.82) is 0 Å². The molecule has 0 fully saturated rings. The van der Waals surface area contributed by atoms with Crippen LogP contribution in [-0.2, 0) is 11.4 Å². The molecule has 96 valence electrons. The van der Waals surface area contributed by atoms with Gasteiger partial charge in [0.2, 0.25) is 5.24 Å². The molecule has 0 spiro atoms. The molecule has 0 aliphatic heterocycles. The van der Waals surface area contributed by atoms with Crippen molar-refractivity contribution in [3.05, 3.63) is 71.8 Å². The molecule has 2 rings (SSSR count). The first-order valence-electron chi connectivity index (χ1n) is 5.89. The van der Waals surface area contributed by atoms with Gasteiger partial charge in [0.1, 0.15) is 12.4 Å². The molecular formula is C16H13ClO2. The lowest BCUT2D eigenvalue weighted by Gasteiger charge is -2.09. The van der Waals surface area contributed by atoms with Crippen LogP contribution in [-0.4, -0.2) is 5.24 Å². The van der Waals surface area contributed by atoms with Crippen molar-refractivity contribution in [2.24, 2.45) is 0 Å². The van der Waals surface area contributed by atoms with Crippen LogP contribution < -0.4 is 4.74 Å². The van der Waals surface area contributed by atoms with Gasteiger partial charge in [-0.25, -0.2) is 0 Å². The van der Waals surface area contributed by atoms with Gasteiger partial charge in [0, 0.05) is 5.56 Å². The number of benzene rings is 2. The molecule has 19 heavy (non-hydrogen) atoms. The van der Waals surface area contributed by atoms with E-state index in [1.807, 2.05) is 54.6 Å². The van der Waals surface area contributed by atoms with E-state index in [0.29, 0.717) is 6.61 Å². The van der Waals surface area contributed by atoms with E-state index < -0.39 is 5.24 Å². The number of hydrogen-bond acceptors (Lipinski definition) is 2. The van der Waals surface area contributed by atoms with Crippen LogP contribution in [0.15, 0.2) is 60.7 Å². The zero-order chi connectivity index (χ0) is 13.5. The molecule has 2 aromatic carbocycles. The van der Waals surface area contributed by atoms with Crippen LogP contribution in [0.25, 0.3) is 6.08 Å². The molecule has 2 nitrogen and oxygen atoms in total. The summed E-state index contributed by atoms with van der Waals surface area (Å²) < 4.78 is 5.75. The van der Waals surface area contributed by atoms with Gasteiger partial charge in [0.15, 0.2) is 0 Å². The van der Waals surface area contributed by atoms with Crippen molar-refractivity contribution in [2.75, 3.05) is 0 Å². The summed E-state index contributed by atoms with van der Waals surface area (Å²) in [6.45, 7) is 0.487. The fourth-order valence-corrected chi connectivity index (χ4v) is 1.70. The third-order valence-electron chi connectivity index (χ3n) is 2.55. The lowest BCUT2D eigenvalue weighted by atomic mass is 10.2. The van der Waals surface area contributed by atoms with Gasteiger partial charge in [-0.3, -0.25) is 4.79 Å². The Hall–Kier alpha value is -2.06. The molecule has 0 heterocycles. The Morgan fingerprint density at radius 1 is 1.05 bits per heavy atom. The summed E-state index contributed by atoms with van der Waals surface area (Å²) in [5.41, 5.74) is 1.92. The third kappa shape index (κ3) is 4.27. The maximum Gasteiger partial charge on any atom is 0.245 e. The lowest BCUT2D eigenvalue weighted by molar-refractivity contribution is -0.107. The van der Waals surface area contributed by atoms with Crippen LogP contribution in [0.3, 0.4) is 0 Å². The monoisotopic (exact) mass is 272 g/mol. The maximum atomic E-state index is 10.7. The van der Waals surface area contributed by atoms with Crippen molar-refractivity contribution in [3.8, 4) is 5.75 Å². The van der Waals surface area contributed by atoms with E-state index in [-0.39, 0.29) is 0 Å². The first-order chi connectivity index (χ1) is 9.25. The van der Waals surface area contributed by atoms with Crippen LogP contribution in [0.5, 0.6) is 5.75 Å². The zero-order valence-corrected chi connectivity index (χ0v) is 11.0. The van der Waals surface area contributed by atoms with Gasteiger partial charge in [-0.1, -0.05) is 48.5 Å². The summed E-state index contributed by atoms with van der Waals surface area (Å²) in [6.07, 6.45) is 2.96. The van der Waals surface area contributed by atoms with E-state index in [2.05, 4.69) is 0 Å². The number of halogens is 1. The molecule has 0 saturated heterocycles. The standard InChI is InChI=1S/C16H13ClO2/c17-16(18)11-10-14-8-4-5-9-15(14)19-12-13-6-2-1-3-7-13/h1-11H,12H2/b11-10+. The molecule has 0 unspecified atom stereocenters. The predicted molar refractivity (Wildman–Crippen MR) is 77.1 cm³/mol. The number of carbonyl (C=O) groups excluding carboxylic acids is 1. The van der Waals surface area contributed by atoms with Gasteiger partial charge in [-0.05, 0) is 35.4 Å². The Balaban J connectivity index is 2.10. The first-order valence-corrected chi connectivity index (χ1v) is 6.27. The number of ether oxygens (including phenoxy) is 1. The molecule has 3 heteroatoms. The number of allylic oxidation sites excluding steroid dienone is 1. The fraction of sp³-hybridized carbons (Fsp3) is 0.0625. The Kier molecular flexibility index (Phi) is 4.76. The zero-order valence-electron chi connectivity index (χ0n) is 10.3. The number of rotatable bonds is 5. The Bertz CT molecular complexity index is 576. The Morgan fingerprint density at radius 3 is 2.47 bits per heavy atom. The fourth-order valence-electron chi connectivity index (χ4n) is 1.64. The number of para-hydroxylation sites is 1. The van der Waals surface area contributed by atoms with Crippen LogP contribution in [0, 0.1) is 0 Å². The molecule has 0 aliphatic carbocycles. The normalized spacial score (nSPS) is 10.6. The summed E-state index contributed by atoms with van der Waals surface area (Å²) in [5, 5.41) is -0.502. The molecule has 0 aromatic heterocycles. The lowest BCUT2D eigenvalue weighted by Crippen LogP contribution is -1.96. The quantitative estimate of drug-likeness (QED) is 0.606. The third-order valence-corrected chi connectivity index (χ3v) is 2.68. The maximum absolute atomic E-state index is 10.7. The second-order valence-electron chi connectivity index (χ2n) is 3.95. The SMILES string of the molecule is O=C(Cl)/C=C/c1ccccc1OCc1ccccc1. The minimum Gasteiger partial charge on any atom is -0.488 e. The van der Waals surface area contributed by atoms with Crippen LogP contribution in [0.1, 0.15) is 11.1 Å². The Labute approximate surface area is 117 Å². The molecular weight excluding hydrogens is 260 g/mol. The van der Waals surface area contributed by atoms with Gasteiger partial charge in [-0.15, -0.1) is 0 Å². The highest BCUT2D eigenvalue weighted by atomic mass is 35.5. The van der Waals surface area contributed by atoms with Crippen molar-refractivity contribution in [2.45, 2.75) is 6.61 Å². The topological polar surface area (TPSA) is 26.3 Å². The number of hydrogen-bond donors (Lipinski definition) is 0. The summed E-state index contributed by atoms with van der Waals surface area (Å²) in [4.78, 5) is 10.7. The summed E-state index contributed by atoms with van der Waals surface area (Å²) in [6, 6.07) is 17.4. The minimum atomic E-state index is -0.502. The van der Waals surface area contributed by atoms with Gasteiger partial charge >= 0.3 is 0 Å². The number of carbonyl (C=O) groups is 1. The van der Waals surface area contributed by atoms with E-state index in [1.165, 1.54) is 6.08 Å². The summed E-state index contributed by atoms with van der Waals surface area (Å²) in [5.74, 6) is 0.723. The average molecular weight is 273 g/mol. The molecule has 0 amide bonds. The van der Waals surface area contributed by atoms with E-state index in [0.717, 1.165) is 16.9 Å². The largest absolute Gasteiger partial charge is 0.488 e. The molecule has 0 radical (unpaired) electrons. The van der Waals surface area contributed by atoms with E-state index in [9.17, 15) is 4.79 Å². The molecule has 0 aliphatic rings. The van der Waals surface area contributed by atoms with Crippen molar-refractivity contribution in [1.82, 2.24) is 0 Å². The smallest absolute Gasteiger partial charge is 0.245 e. The first kappa shape index (κ1) is 13.4. The van der Waals surface area contributed by atoms with Crippen molar-refractivity contribution in [3.63, 3.8) is 0 Å². The molecule has 0 atom stereocenters. The highest BCUT2D eigenvalue weighted by Gasteiger charge is 2.00. The highest BCUT2D eigenvalue weighted by molar-refractivity contribution is 6.66. The second-order valence-corrected chi connectivity index (χ2v) is 4.32. The molecule has 0 bridgehead atoms. The predicted octanol–water partition coefficient (Wildman–Crippen LogP) is 4.04. The molecule has 0 saturated carbocycles. The van der Waals surface area contributed by atoms with Crippen LogP contribution in [0.4, 0.5) is 0 Å². The Morgan fingerprint density at radius 2 is 1.74 bits per heavy atom. The average Bonchev–Trinajstić information content (AvgIpc) is 2.45. The molecule has 2 aromatic rings.